The normalized spacial score (nSPS) is 13.8. The SMILES string of the molecule is CC(C)[C@H](NO)C(=O)C(=O)OC(C)(C)C. The summed E-state index contributed by atoms with van der Waals surface area (Å²) >= 11 is 0. The van der Waals surface area contributed by atoms with E-state index in [4.69, 9.17) is 9.94 Å². The second-order valence-electron chi connectivity index (χ2n) is 4.72. The molecule has 0 saturated heterocycles. The molecule has 0 unspecified atom stereocenters. The Bertz CT molecular complexity index is 242. The Balaban J connectivity index is 4.50. The Labute approximate surface area is 89.8 Å². The van der Waals surface area contributed by atoms with E-state index in [1.54, 1.807) is 34.6 Å². The first-order valence-corrected chi connectivity index (χ1v) is 4.86. The lowest BCUT2D eigenvalue weighted by molar-refractivity contribution is -0.164. The van der Waals surface area contributed by atoms with E-state index in [0.29, 0.717) is 0 Å². The van der Waals surface area contributed by atoms with Gasteiger partial charge in [-0.2, -0.15) is 5.48 Å². The van der Waals surface area contributed by atoms with Gasteiger partial charge in [0, 0.05) is 0 Å². The summed E-state index contributed by atoms with van der Waals surface area (Å²) in [5.41, 5.74) is 1.11. The molecule has 0 aromatic heterocycles. The van der Waals surface area contributed by atoms with Crippen LogP contribution in [0, 0.1) is 5.92 Å². The molecule has 0 heterocycles. The molecule has 0 aromatic rings. The molecule has 0 bridgehead atoms. The molecule has 1 atom stereocenters. The smallest absolute Gasteiger partial charge is 0.376 e. The van der Waals surface area contributed by atoms with Gasteiger partial charge >= 0.3 is 5.97 Å². The lowest BCUT2D eigenvalue weighted by Gasteiger charge is -2.22. The average Bonchev–Trinajstić information content (AvgIpc) is 2.01. The maximum Gasteiger partial charge on any atom is 0.376 e. The van der Waals surface area contributed by atoms with E-state index in [1.165, 1.54) is 0 Å². The van der Waals surface area contributed by atoms with E-state index in [2.05, 4.69) is 0 Å². The molecule has 0 fully saturated rings. The number of carbonyl (C=O) groups excluding carboxylic acids is 2. The van der Waals surface area contributed by atoms with Crippen molar-refractivity contribution in [2.75, 3.05) is 0 Å². The van der Waals surface area contributed by atoms with Crippen LogP contribution in [-0.2, 0) is 14.3 Å². The largest absolute Gasteiger partial charge is 0.454 e. The Hall–Kier alpha value is -0.940. The zero-order valence-electron chi connectivity index (χ0n) is 9.83. The summed E-state index contributed by atoms with van der Waals surface area (Å²) in [6.45, 7) is 8.46. The summed E-state index contributed by atoms with van der Waals surface area (Å²) in [7, 11) is 0. The van der Waals surface area contributed by atoms with Crippen molar-refractivity contribution in [3.63, 3.8) is 0 Å². The molecule has 0 aromatic carbocycles. The van der Waals surface area contributed by atoms with Gasteiger partial charge in [-0.05, 0) is 26.7 Å². The highest BCUT2D eigenvalue weighted by atomic mass is 16.6. The fourth-order valence-electron chi connectivity index (χ4n) is 0.966. The zero-order chi connectivity index (χ0) is 12.2. The summed E-state index contributed by atoms with van der Waals surface area (Å²) in [5.74, 6) is -1.87. The molecule has 0 aliphatic heterocycles. The van der Waals surface area contributed by atoms with Gasteiger partial charge in [-0.1, -0.05) is 13.8 Å². The van der Waals surface area contributed by atoms with Crippen LogP contribution >= 0.6 is 0 Å². The molecule has 0 aliphatic rings. The molecule has 2 N–H and O–H groups in total. The van der Waals surface area contributed by atoms with E-state index < -0.39 is 23.4 Å². The number of esters is 1. The maximum atomic E-state index is 11.5. The van der Waals surface area contributed by atoms with Gasteiger partial charge < -0.3 is 9.94 Å². The van der Waals surface area contributed by atoms with Gasteiger partial charge in [0.1, 0.15) is 11.6 Å². The minimum absolute atomic E-state index is 0.185. The van der Waals surface area contributed by atoms with Crippen LogP contribution in [0.15, 0.2) is 0 Å². The minimum atomic E-state index is -0.928. The summed E-state index contributed by atoms with van der Waals surface area (Å²) in [4.78, 5) is 22.8. The molecular formula is C10H19NO4. The number of hydrogen-bond donors (Lipinski definition) is 2. The number of carbonyl (C=O) groups is 2. The molecule has 5 heteroatoms. The van der Waals surface area contributed by atoms with Crippen LogP contribution < -0.4 is 5.48 Å². The van der Waals surface area contributed by atoms with E-state index >= 15 is 0 Å². The van der Waals surface area contributed by atoms with Crippen molar-refractivity contribution in [3.05, 3.63) is 0 Å². The van der Waals surface area contributed by atoms with Gasteiger partial charge in [-0.25, -0.2) is 4.79 Å². The molecule has 0 radical (unpaired) electrons. The Morgan fingerprint density at radius 1 is 1.27 bits per heavy atom. The average molecular weight is 217 g/mol. The fourth-order valence-corrected chi connectivity index (χ4v) is 0.966. The molecule has 0 saturated carbocycles. The van der Waals surface area contributed by atoms with Gasteiger partial charge in [0.25, 0.3) is 5.78 Å². The number of hydroxylamine groups is 1. The number of rotatable bonds is 4. The first kappa shape index (κ1) is 14.1. The molecule has 0 aliphatic carbocycles. The molecule has 15 heavy (non-hydrogen) atoms. The van der Waals surface area contributed by atoms with Crippen LogP contribution in [0.5, 0.6) is 0 Å². The van der Waals surface area contributed by atoms with Gasteiger partial charge in [-0.15, -0.1) is 0 Å². The van der Waals surface area contributed by atoms with Crippen molar-refractivity contribution >= 4 is 11.8 Å². The van der Waals surface area contributed by atoms with Crippen LogP contribution in [0.2, 0.25) is 0 Å². The third-order valence-corrected chi connectivity index (χ3v) is 1.69. The maximum absolute atomic E-state index is 11.5. The predicted molar refractivity (Wildman–Crippen MR) is 54.4 cm³/mol. The first-order chi connectivity index (χ1) is 6.69. The summed E-state index contributed by atoms with van der Waals surface area (Å²) < 4.78 is 4.89. The number of Topliss-reactive ketones (excluding diaryl/α,β-unsaturated/α-hetero) is 1. The van der Waals surface area contributed by atoms with E-state index in [-0.39, 0.29) is 5.92 Å². The highest BCUT2D eigenvalue weighted by Crippen LogP contribution is 2.10. The second kappa shape index (κ2) is 5.23. The summed E-state index contributed by atoms with van der Waals surface area (Å²) in [6, 6.07) is -0.917. The van der Waals surface area contributed by atoms with Crippen molar-refractivity contribution in [2.45, 2.75) is 46.3 Å². The predicted octanol–water partition coefficient (Wildman–Crippen LogP) is 0.901. The van der Waals surface area contributed by atoms with Crippen LogP contribution in [0.3, 0.4) is 0 Å². The first-order valence-electron chi connectivity index (χ1n) is 4.86. The van der Waals surface area contributed by atoms with Gasteiger partial charge in [0.05, 0.1) is 0 Å². The lowest BCUT2D eigenvalue weighted by atomic mass is 10.0. The van der Waals surface area contributed by atoms with Crippen LogP contribution in [-0.4, -0.2) is 28.6 Å². The number of hydrogen-bond acceptors (Lipinski definition) is 5. The highest BCUT2D eigenvalue weighted by Gasteiger charge is 2.31. The monoisotopic (exact) mass is 217 g/mol. The van der Waals surface area contributed by atoms with Gasteiger partial charge in [0.15, 0.2) is 0 Å². The second-order valence-corrected chi connectivity index (χ2v) is 4.72. The lowest BCUT2D eigenvalue weighted by Crippen LogP contribution is -2.45. The van der Waals surface area contributed by atoms with Crippen molar-refractivity contribution in [2.24, 2.45) is 5.92 Å². The Kier molecular flexibility index (Phi) is 4.90. The quantitative estimate of drug-likeness (QED) is 0.415. The molecule has 88 valence electrons. The van der Waals surface area contributed by atoms with Gasteiger partial charge in [0.2, 0.25) is 0 Å². The van der Waals surface area contributed by atoms with Crippen molar-refractivity contribution in [3.8, 4) is 0 Å². The molecule has 5 nitrogen and oxygen atoms in total. The molecule has 0 spiro atoms. The summed E-state index contributed by atoms with van der Waals surface area (Å²) in [6.07, 6.45) is 0. The molecule has 0 rings (SSSR count). The van der Waals surface area contributed by atoms with Crippen molar-refractivity contribution < 1.29 is 19.5 Å². The van der Waals surface area contributed by atoms with E-state index in [9.17, 15) is 9.59 Å². The van der Waals surface area contributed by atoms with Crippen LogP contribution in [0.4, 0.5) is 0 Å². The summed E-state index contributed by atoms with van der Waals surface area (Å²) in [5, 5.41) is 8.74. The van der Waals surface area contributed by atoms with Crippen LogP contribution in [0.25, 0.3) is 0 Å². The number of nitrogens with one attached hydrogen (secondary N) is 1. The molecule has 0 amide bonds. The number of ether oxygens (including phenoxy) is 1. The Morgan fingerprint density at radius 2 is 1.73 bits per heavy atom. The minimum Gasteiger partial charge on any atom is -0.454 e. The Morgan fingerprint density at radius 3 is 2.00 bits per heavy atom. The highest BCUT2D eigenvalue weighted by molar-refractivity contribution is 6.35. The number of ketones is 1. The van der Waals surface area contributed by atoms with E-state index in [1.807, 2.05) is 5.48 Å². The third kappa shape index (κ3) is 4.90. The van der Waals surface area contributed by atoms with Crippen molar-refractivity contribution in [1.82, 2.24) is 5.48 Å². The zero-order valence-corrected chi connectivity index (χ0v) is 9.83. The molecular weight excluding hydrogens is 198 g/mol. The fraction of sp³-hybridized carbons (Fsp3) is 0.800. The van der Waals surface area contributed by atoms with Crippen LogP contribution in [0.1, 0.15) is 34.6 Å². The van der Waals surface area contributed by atoms with Gasteiger partial charge in [-0.3, -0.25) is 4.79 Å². The third-order valence-electron chi connectivity index (χ3n) is 1.69. The van der Waals surface area contributed by atoms with Crippen molar-refractivity contribution in [1.29, 1.82) is 0 Å². The topological polar surface area (TPSA) is 75.6 Å². The standard InChI is InChI=1S/C10H19NO4/c1-6(2)7(11-14)8(12)9(13)15-10(3,4)5/h6-7,11,14H,1-5H3/t7-/m0/s1. The van der Waals surface area contributed by atoms with E-state index in [0.717, 1.165) is 0 Å².